The van der Waals surface area contributed by atoms with Crippen molar-refractivity contribution < 1.29 is 5.11 Å². The molecule has 3 heteroatoms. The Morgan fingerprint density at radius 3 is 2.58 bits per heavy atom. The fourth-order valence-corrected chi connectivity index (χ4v) is 2.25. The zero-order chi connectivity index (χ0) is 13.1. The lowest BCUT2D eigenvalue weighted by Gasteiger charge is -2.12. The Kier molecular flexibility index (Phi) is 3.21. The second-order valence-electron chi connectivity index (χ2n) is 4.55. The third kappa shape index (κ3) is 2.46. The van der Waals surface area contributed by atoms with Gasteiger partial charge in [0.15, 0.2) is 0 Å². The topological polar surface area (TPSA) is 48.0 Å². The Morgan fingerprint density at radius 2 is 1.74 bits per heavy atom. The van der Waals surface area contributed by atoms with Gasteiger partial charge < -0.3 is 15.4 Å². The Balaban J connectivity index is 1.75. The third-order valence-corrected chi connectivity index (χ3v) is 3.25. The maximum absolute atomic E-state index is 10.3. The van der Waals surface area contributed by atoms with Crippen LogP contribution in [0.3, 0.4) is 0 Å². The molecule has 19 heavy (non-hydrogen) atoms. The van der Waals surface area contributed by atoms with Crippen LogP contribution in [0.2, 0.25) is 0 Å². The van der Waals surface area contributed by atoms with Gasteiger partial charge in [-0.15, -0.1) is 0 Å². The van der Waals surface area contributed by atoms with E-state index < -0.39 is 6.10 Å². The molecule has 3 rings (SSSR count). The molecule has 0 radical (unpaired) electrons. The summed E-state index contributed by atoms with van der Waals surface area (Å²) >= 11 is 0. The standard InChI is InChI=1S/C16H16N2O/c19-16(11-17-12-6-2-1-3-7-12)14-10-18-15-9-5-4-8-13(14)15/h1-10,16-19H,11H2. The fraction of sp³-hybridized carbons (Fsp3) is 0.125. The van der Waals surface area contributed by atoms with Crippen molar-refractivity contribution in [2.45, 2.75) is 6.10 Å². The highest BCUT2D eigenvalue weighted by atomic mass is 16.3. The predicted octanol–water partition coefficient (Wildman–Crippen LogP) is 3.31. The van der Waals surface area contributed by atoms with E-state index in [4.69, 9.17) is 0 Å². The van der Waals surface area contributed by atoms with Gasteiger partial charge in [-0.3, -0.25) is 0 Å². The Hall–Kier alpha value is -2.26. The lowest BCUT2D eigenvalue weighted by atomic mass is 10.1. The molecule has 0 amide bonds. The highest BCUT2D eigenvalue weighted by molar-refractivity contribution is 5.83. The van der Waals surface area contributed by atoms with Gasteiger partial charge in [-0.25, -0.2) is 0 Å². The molecular weight excluding hydrogens is 236 g/mol. The number of para-hydroxylation sites is 2. The summed E-state index contributed by atoms with van der Waals surface area (Å²) in [5.41, 5.74) is 3.00. The molecule has 1 heterocycles. The number of aromatic nitrogens is 1. The van der Waals surface area contributed by atoms with Crippen molar-refractivity contribution in [2.75, 3.05) is 11.9 Å². The van der Waals surface area contributed by atoms with E-state index in [1.165, 1.54) is 0 Å². The van der Waals surface area contributed by atoms with Crippen LogP contribution in [0.1, 0.15) is 11.7 Å². The van der Waals surface area contributed by atoms with Crippen molar-refractivity contribution in [3.8, 4) is 0 Å². The highest BCUT2D eigenvalue weighted by Gasteiger charge is 2.12. The monoisotopic (exact) mass is 252 g/mol. The molecule has 1 atom stereocenters. The smallest absolute Gasteiger partial charge is 0.0982 e. The zero-order valence-electron chi connectivity index (χ0n) is 10.5. The van der Waals surface area contributed by atoms with Crippen molar-refractivity contribution in [2.24, 2.45) is 0 Å². The van der Waals surface area contributed by atoms with E-state index in [1.807, 2.05) is 60.8 Å². The van der Waals surface area contributed by atoms with Gasteiger partial charge in [-0.1, -0.05) is 36.4 Å². The summed E-state index contributed by atoms with van der Waals surface area (Å²) in [5, 5.41) is 14.6. The SMILES string of the molecule is OC(CNc1ccccc1)c1c[nH]c2ccccc12. The number of aliphatic hydroxyl groups is 1. The zero-order valence-corrected chi connectivity index (χ0v) is 10.5. The van der Waals surface area contributed by atoms with Crippen molar-refractivity contribution >= 4 is 16.6 Å². The van der Waals surface area contributed by atoms with E-state index in [9.17, 15) is 5.11 Å². The molecule has 0 aliphatic heterocycles. The minimum Gasteiger partial charge on any atom is -0.386 e. The van der Waals surface area contributed by atoms with Crippen molar-refractivity contribution in [1.82, 2.24) is 4.98 Å². The number of aromatic amines is 1. The van der Waals surface area contributed by atoms with Gasteiger partial charge in [-0.2, -0.15) is 0 Å². The first-order valence-electron chi connectivity index (χ1n) is 6.37. The van der Waals surface area contributed by atoms with E-state index >= 15 is 0 Å². The lowest BCUT2D eigenvalue weighted by Crippen LogP contribution is -2.11. The summed E-state index contributed by atoms with van der Waals surface area (Å²) in [6, 6.07) is 17.9. The van der Waals surface area contributed by atoms with Crippen molar-refractivity contribution in [3.05, 3.63) is 66.4 Å². The van der Waals surface area contributed by atoms with Gasteiger partial charge in [0, 0.05) is 34.9 Å². The van der Waals surface area contributed by atoms with Crippen LogP contribution in [-0.4, -0.2) is 16.6 Å². The van der Waals surface area contributed by atoms with Crippen LogP contribution in [0.25, 0.3) is 10.9 Å². The maximum atomic E-state index is 10.3. The summed E-state index contributed by atoms with van der Waals surface area (Å²) in [6.45, 7) is 0.492. The number of H-pyrrole nitrogens is 1. The van der Waals surface area contributed by atoms with Crippen LogP contribution in [0, 0.1) is 0 Å². The molecule has 3 nitrogen and oxygen atoms in total. The van der Waals surface area contributed by atoms with Gasteiger partial charge in [0.1, 0.15) is 0 Å². The molecule has 1 aromatic heterocycles. The molecule has 3 aromatic rings. The average molecular weight is 252 g/mol. The molecule has 0 fully saturated rings. The number of rotatable bonds is 4. The minimum atomic E-state index is -0.531. The van der Waals surface area contributed by atoms with Crippen molar-refractivity contribution in [1.29, 1.82) is 0 Å². The van der Waals surface area contributed by atoms with Gasteiger partial charge in [0.05, 0.1) is 6.10 Å². The molecule has 0 aliphatic rings. The predicted molar refractivity (Wildman–Crippen MR) is 78.2 cm³/mol. The summed E-state index contributed by atoms with van der Waals surface area (Å²) in [5.74, 6) is 0. The van der Waals surface area contributed by atoms with Crippen molar-refractivity contribution in [3.63, 3.8) is 0 Å². The molecule has 0 saturated carbocycles. The highest BCUT2D eigenvalue weighted by Crippen LogP contribution is 2.24. The largest absolute Gasteiger partial charge is 0.386 e. The van der Waals surface area contributed by atoms with Gasteiger partial charge in [0.25, 0.3) is 0 Å². The van der Waals surface area contributed by atoms with Crippen LogP contribution in [0.15, 0.2) is 60.8 Å². The molecule has 0 saturated heterocycles. The van der Waals surface area contributed by atoms with Gasteiger partial charge >= 0.3 is 0 Å². The van der Waals surface area contributed by atoms with Crippen LogP contribution >= 0.6 is 0 Å². The number of anilines is 1. The summed E-state index contributed by atoms with van der Waals surface area (Å²) in [7, 11) is 0. The van der Waals surface area contributed by atoms with E-state index in [2.05, 4.69) is 10.3 Å². The van der Waals surface area contributed by atoms with E-state index in [1.54, 1.807) is 0 Å². The fourth-order valence-electron chi connectivity index (χ4n) is 2.25. The van der Waals surface area contributed by atoms with E-state index in [0.717, 1.165) is 22.2 Å². The van der Waals surface area contributed by atoms with Crippen LogP contribution in [-0.2, 0) is 0 Å². The van der Waals surface area contributed by atoms with E-state index in [-0.39, 0.29) is 0 Å². The minimum absolute atomic E-state index is 0.492. The summed E-state index contributed by atoms with van der Waals surface area (Å²) < 4.78 is 0. The quantitative estimate of drug-likeness (QED) is 0.667. The van der Waals surface area contributed by atoms with Crippen LogP contribution < -0.4 is 5.32 Å². The molecule has 0 aliphatic carbocycles. The molecule has 2 aromatic carbocycles. The molecule has 1 unspecified atom stereocenters. The second-order valence-corrected chi connectivity index (χ2v) is 4.55. The molecule has 3 N–H and O–H groups in total. The maximum Gasteiger partial charge on any atom is 0.0982 e. The van der Waals surface area contributed by atoms with E-state index in [0.29, 0.717) is 6.54 Å². The van der Waals surface area contributed by atoms with Crippen LogP contribution in [0.5, 0.6) is 0 Å². The van der Waals surface area contributed by atoms with Gasteiger partial charge in [0.2, 0.25) is 0 Å². The van der Waals surface area contributed by atoms with Gasteiger partial charge in [-0.05, 0) is 18.2 Å². The number of hydrogen-bond acceptors (Lipinski definition) is 2. The summed E-state index contributed by atoms with van der Waals surface area (Å²) in [6.07, 6.45) is 1.35. The number of nitrogens with one attached hydrogen (secondary N) is 2. The number of hydrogen-bond donors (Lipinski definition) is 3. The Bertz CT molecular complexity index is 661. The molecule has 0 bridgehead atoms. The molecule has 96 valence electrons. The number of benzene rings is 2. The first-order chi connectivity index (χ1) is 9.34. The lowest BCUT2D eigenvalue weighted by molar-refractivity contribution is 0.193. The number of aliphatic hydroxyl groups excluding tert-OH is 1. The molecule has 0 spiro atoms. The first-order valence-corrected chi connectivity index (χ1v) is 6.37. The Labute approximate surface area is 111 Å². The summed E-state index contributed by atoms with van der Waals surface area (Å²) in [4.78, 5) is 3.18. The average Bonchev–Trinajstić information content (AvgIpc) is 2.90. The molecular formula is C16H16N2O. The Morgan fingerprint density at radius 1 is 1.00 bits per heavy atom. The first kappa shape index (κ1) is 11.8. The second kappa shape index (κ2) is 5.16. The number of fused-ring (bicyclic) bond motifs is 1. The normalized spacial score (nSPS) is 12.5. The third-order valence-electron chi connectivity index (χ3n) is 3.25. The van der Waals surface area contributed by atoms with Crippen LogP contribution in [0.4, 0.5) is 5.69 Å².